The minimum Gasteiger partial charge on any atom is -0.481 e. The fourth-order valence-corrected chi connectivity index (χ4v) is 5.26. The summed E-state index contributed by atoms with van der Waals surface area (Å²) in [4.78, 5) is 24.1. The Kier molecular flexibility index (Phi) is 4.95. The van der Waals surface area contributed by atoms with E-state index in [2.05, 4.69) is 10.4 Å². The van der Waals surface area contributed by atoms with Gasteiger partial charge in [-0.3, -0.25) is 14.3 Å². The van der Waals surface area contributed by atoms with Crippen molar-refractivity contribution < 1.29 is 27.9 Å². The van der Waals surface area contributed by atoms with E-state index in [4.69, 9.17) is 5.11 Å². The molecule has 0 atom stereocenters. The number of hydrogen-bond acceptors (Lipinski definition) is 3. The first-order valence-electron chi connectivity index (χ1n) is 10.8. The number of aromatic nitrogens is 2. The maximum Gasteiger partial charge on any atom is 0.416 e. The van der Waals surface area contributed by atoms with Crippen molar-refractivity contribution in [3.8, 4) is 0 Å². The molecular formula is C24H22F3N3O3. The van der Waals surface area contributed by atoms with Crippen molar-refractivity contribution >= 4 is 22.8 Å². The van der Waals surface area contributed by atoms with Crippen LogP contribution in [0.15, 0.2) is 48.7 Å². The average Bonchev–Trinajstić information content (AvgIpc) is 3.11. The maximum atomic E-state index is 13.0. The molecule has 9 heteroatoms. The second-order valence-corrected chi connectivity index (χ2v) is 9.26. The van der Waals surface area contributed by atoms with Crippen molar-refractivity contribution in [2.75, 3.05) is 0 Å². The Morgan fingerprint density at radius 2 is 1.79 bits per heavy atom. The van der Waals surface area contributed by atoms with Gasteiger partial charge in [-0.15, -0.1) is 0 Å². The van der Waals surface area contributed by atoms with Crippen LogP contribution in [0, 0.1) is 11.3 Å². The van der Waals surface area contributed by atoms with E-state index in [-0.39, 0.29) is 29.8 Å². The van der Waals surface area contributed by atoms with E-state index in [1.54, 1.807) is 23.0 Å². The summed E-state index contributed by atoms with van der Waals surface area (Å²) in [6, 6.07) is 10.2. The van der Waals surface area contributed by atoms with Crippen LogP contribution in [0.1, 0.15) is 47.2 Å². The molecule has 0 aliphatic heterocycles. The van der Waals surface area contributed by atoms with Crippen LogP contribution in [0.5, 0.6) is 0 Å². The molecule has 2 aliphatic rings. The highest BCUT2D eigenvalue weighted by atomic mass is 19.4. The van der Waals surface area contributed by atoms with Gasteiger partial charge in [0.2, 0.25) is 0 Å². The molecule has 0 saturated heterocycles. The molecule has 2 fully saturated rings. The smallest absolute Gasteiger partial charge is 0.416 e. The number of carbonyl (C=O) groups is 2. The van der Waals surface area contributed by atoms with Gasteiger partial charge in [-0.2, -0.15) is 18.3 Å². The third-order valence-electron chi connectivity index (χ3n) is 6.92. The third-order valence-corrected chi connectivity index (χ3v) is 6.92. The largest absolute Gasteiger partial charge is 0.481 e. The van der Waals surface area contributed by atoms with Crippen LogP contribution in [-0.2, 0) is 17.5 Å². The fraction of sp³-hybridized carbons (Fsp3) is 0.375. The van der Waals surface area contributed by atoms with Crippen LogP contribution in [-0.4, -0.2) is 32.8 Å². The number of para-hydroxylation sites is 1. The number of alkyl halides is 3. The molecule has 33 heavy (non-hydrogen) atoms. The molecule has 3 aromatic rings. The zero-order chi connectivity index (χ0) is 23.4. The lowest BCUT2D eigenvalue weighted by molar-refractivity contribution is -0.155. The lowest BCUT2D eigenvalue weighted by Gasteiger charge is -2.56. The number of amides is 1. The first-order chi connectivity index (χ1) is 15.6. The number of rotatable bonds is 5. The molecule has 0 bridgehead atoms. The zero-order valence-electron chi connectivity index (χ0n) is 17.6. The van der Waals surface area contributed by atoms with E-state index in [1.165, 1.54) is 12.1 Å². The molecule has 172 valence electrons. The molecule has 2 aliphatic carbocycles. The van der Waals surface area contributed by atoms with Gasteiger partial charge in [0.25, 0.3) is 5.91 Å². The Hall–Kier alpha value is -3.36. The van der Waals surface area contributed by atoms with Gasteiger partial charge in [0.1, 0.15) is 0 Å². The van der Waals surface area contributed by atoms with Crippen LogP contribution in [0.4, 0.5) is 13.2 Å². The summed E-state index contributed by atoms with van der Waals surface area (Å²) >= 11 is 0. The highest BCUT2D eigenvalue weighted by Gasteiger charge is 2.55. The van der Waals surface area contributed by atoms with Gasteiger partial charge in [0.15, 0.2) is 0 Å². The molecule has 6 nitrogen and oxygen atoms in total. The Labute approximate surface area is 187 Å². The standard InChI is InChI=1S/C24H22F3N3O3/c25-24(26,27)17-6-4-14(5-7-17)13-30-20-15(12-28-30)2-1-3-19(20)21(31)29-18-10-23(11-18)8-16(9-23)22(32)33/h1-7,12,16,18H,8-11,13H2,(H,29,31)(H,32,33). The number of carboxylic acids is 1. The third kappa shape index (κ3) is 3.96. The van der Waals surface area contributed by atoms with Gasteiger partial charge in [-0.25, -0.2) is 0 Å². The van der Waals surface area contributed by atoms with Crippen molar-refractivity contribution in [2.24, 2.45) is 11.3 Å². The highest BCUT2D eigenvalue weighted by Crippen LogP contribution is 2.58. The molecule has 2 saturated carbocycles. The Balaban J connectivity index is 1.30. The second kappa shape index (κ2) is 7.60. The first kappa shape index (κ1) is 21.5. The summed E-state index contributed by atoms with van der Waals surface area (Å²) in [7, 11) is 0. The molecule has 1 spiro atoms. The number of fused-ring (bicyclic) bond motifs is 1. The number of aliphatic carboxylic acids is 1. The number of benzene rings is 2. The normalized spacial score (nSPS) is 24.3. The monoisotopic (exact) mass is 457 g/mol. The minimum atomic E-state index is -4.39. The van der Waals surface area contributed by atoms with Crippen LogP contribution >= 0.6 is 0 Å². The molecule has 1 aromatic heterocycles. The average molecular weight is 457 g/mol. The van der Waals surface area contributed by atoms with Gasteiger partial charge < -0.3 is 10.4 Å². The van der Waals surface area contributed by atoms with Crippen LogP contribution in [0.2, 0.25) is 0 Å². The lowest BCUT2D eigenvalue weighted by Crippen LogP contribution is -2.57. The number of nitrogens with zero attached hydrogens (tertiary/aromatic N) is 2. The predicted octanol–water partition coefficient (Wildman–Crippen LogP) is 4.48. The van der Waals surface area contributed by atoms with Gasteiger partial charge in [-0.1, -0.05) is 24.3 Å². The molecular weight excluding hydrogens is 435 g/mol. The summed E-state index contributed by atoms with van der Waals surface area (Å²) in [6.07, 6.45) is 0.145. The van der Waals surface area contributed by atoms with Gasteiger partial charge in [-0.05, 0) is 54.9 Å². The van der Waals surface area contributed by atoms with Crippen molar-refractivity contribution in [2.45, 2.75) is 44.4 Å². The van der Waals surface area contributed by atoms with Gasteiger partial charge in [0, 0.05) is 11.4 Å². The number of carboxylic acid groups (broad SMARTS) is 1. The zero-order valence-corrected chi connectivity index (χ0v) is 17.6. The molecule has 2 aromatic carbocycles. The van der Waals surface area contributed by atoms with E-state index < -0.39 is 17.7 Å². The van der Waals surface area contributed by atoms with Crippen molar-refractivity contribution in [1.82, 2.24) is 15.1 Å². The number of halogens is 3. The number of nitrogens with one attached hydrogen (secondary N) is 1. The molecule has 1 heterocycles. The first-order valence-corrected chi connectivity index (χ1v) is 10.8. The second-order valence-electron chi connectivity index (χ2n) is 9.26. The van der Waals surface area contributed by atoms with Crippen LogP contribution < -0.4 is 5.32 Å². The SMILES string of the molecule is O=C(NC1CC2(C1)CC(C(=O)O)C2)c1cccc2cnn(Cc3ccc(C(F)(F)F)cc3)c12. The molecule has 5 rings (SSSR count). The van der Waals surface area contributed by atoms with Crippen molar-refractivity contribution in [3.63, 3.8) is 0 Å². The van der Waals surface area contributed by atoms with Crippen LogP contribution in [0.25, 0.3) is 10.9 Å². The van der Waals surface area contributed by atoms with Crippen molar-refractivity contribution in [1.29, 1.82) is 0 Å². The lowest BCUT2D eigenvalue weighted by atomic mass is 9.50. The Morgan fingerprint density at radius 3 is 2.42 bits per heavy atom. The summed E-state index contributed by atoms with van der Waals surface area (Å²) in [5.41, 5.74) is 1.06. The topological polar surface area (TPSA) is 84.2 Å². The Bertz CT molecular complexity index is 1220. The number of carbonyl (C=O) groups excluding carboxylic acids is 1. The van der Waals surface area contributed by atoms with Crippen LogP contribution in [0.3, 0.4) is 0 Å². The maximum absolute atomic E-state index is 13.0. The van der Waals surface area contributed by atoms with Gasteiger partial charge >= 0.3 is 12.1 Å². The van der Waals surface area contributed by atoms with E-state index >= 15 is 0 Å². The summed E-state index contributed by atoms with van der Waals surface area (Å²) in [6.45, 7) is 0.231. The highest BCUT2D eigenvalue weighted by molar-refractivity contribution is 6.05. The molecule has 0 unspecified atom stereocenters. The summed E-state index contributed by atoms with van der Waals surface area (Å²) in [5, 5.41) is 17.2. The van der Waals surface area contributed by atoms with Crippen molar-refractivity contribution in [3.05, 3.63) is 65.4 Å². The number of hydrogen-bond donors (Lipinski definition) is 2. The Morgan fingerprint density at radius 1 is 1.09 bits per heavy atom. The van der Waals surface area contributed by atoms with E-state index in [9.17, 15) is 22.8 Å². The quantitative estimate of drug-likeness (QED) is 0.592. The molecule has 2 N–H and O–H groups in total. The minimum absolute atomic E-state index is 0.00813. The van der Waals surface area contributed by atoms with Gasteiger partial charge in [0.05, 0.1) is 35.3 Å². The summed E-state index contributed by atoms with van der Waals surface area (Å²) in [5.74, 6) is -1.25. The summed E-state index contributed by atoms with van der Waals surface area (Å²) < 4.78 is 40.1. The van der Waals surface area contributed by atoms with E-state index in [0.29, 0.717) is 29.5 Å². The fourth-order valence-electron chi connectivity index (χ4n) is 5.26. The predicted molar refractivity (Wildman–Crippen MR) is 114 cm³/mol. The molecule has 1 amide bonds. The molecule has 0 radical (unpaired) electrons. The van der Waals surface area contributed by atoms with E-state index in [0.717, 1.165) is 30.4 Å². The van der Waals surface area contributed by atoms with E-state index in [1.807, 2.05) is 6.07 Å².